The van der Waals surface area contributed by atoms with Gasteiger partial charge in [-0.1, -0.05) is 29.8 Å². The van der Waals surface area contributed by atoms with Crippen molar-refractivity contribution in [3.8, 4) is 0 Å². The highest BCUT2D eigenvalue weighted by atomic mass is 16.5. The molecule has 1 aliphatic heterocycles. The summed E-state index contributed by atoms with van der Waals surface area (Å²) in [5.74, 6) is -1.00. The summed E-state index contributed by atoms with van der Waals surface area (Å²) in [6, 6.07) is 14.6. The highest BCUT2D eigenvalue weighted by Crippen LogP contribution is 2.25. The van der Waals surface area contributed by atoms with Crippen LogP contribution in [0.5, 0.6) is 0 Å². The van der Waals surface area contributed by atoms with Crippen LogP contribution in [0.1, 0.15) is 34.8 Å². The van der Waals surface area contributed by atoms with E-state index in [0.717, 1.165) is 11.1 Å². The number of hydrogen-bond donors (Lipinski definition) is 1. The number of anilines is 1. The van der Waals surface area contributed by atoms with Gasteiger partial charge in [0.15, 0.2) is 0 Å². The first-order chi connectivity index (χ1) is 13.5. The van der Waals surface area contributed by atoms with Gasteiger partial charge in [-0.15, -0.1) is 0 Å². The first-order valence-corrected chi connectivity index (χ1v) is 9.38. The van der Waals surface area contributed by atoms with Crippen molar-refractivity contribution in [3.63, 3.8) is 0 Å². The van der Waals surface area contributed by atoms with E-state index >= 15 is 0 Å². The number of nitrogens with one attached hydrogen (secondary N) is 1. The Kier molecular flexibility index (Phi) is 6.09. The first-order valence-electron chi connectivity index (χ1n) is 9.38. The monoisotopic (exact) mass is 380 g/mol. The summed E-state index contributed by atoms with van der Waals surface area (Å²) in [6.07, 6.45) is 0.180. The summed E-state index contributed by atoms with van der Waals surface area (Å²) >= 11 is 0. The van der Waals surface area contributed by atoms with E-state index in [2.05, 4.69) is 5.32 Å². The second-order valence-electron chi connectivity index (χ2n) is 6.88. The predicted octanol–water partition coefficient (Wildman–Crippen LogP) is 2.84. The molecule has 0 aromatic heterocycles. The Morgan fingerprint density at radius 1 is 1.18 bits per heavy atom. The van der Waals surface area contributed by atoms with E-state index in [9.17, 15) is 14.4 Å². The molecule has 1 aliphatic rings. The molecular weight excluding hydrogens is 356 g/mol. The van der Waals surface area contributed by atoms with Crippen LogP contribution in [-0.2, 0) is 20.9 Å². The summed E-state index contributed by atoms with van der Waals surface area (Å²) in [5, 5.41) is 2.92. The highest BCUT2D eigenvalue weighted by molar-refractivity contribution is 6.00. The average molecular weight is 380 g/mol. The van der Waals surface area contributed by atoms with Crippen LogP contribution >= 0.6 is 0 Å². The minimum Gasteiger partial charge on any atom is -0.462 e. The third-order valence-corrected chi connectivity index (χ3v) is 4.74. The molecule has 6 heteroatoms. The van der Waals surface area contributed by atoms with E-state index < -0.39 is 5.97 Å². The number of aryl methyl sites for hydroxylation is 1. The van der Waals surface area contributed by atoms with E-state index in [0.29, 0.717) is 30.9 Å². The van der Waals surface area contributed by atoms with E-state index in [1.165, 1.54) is 0 Å². The molecule has 0 spiro atoms. The molecule has 2 aromatic carbocycles. The Labute approximate surface area is 164 Å². The molecular formula is C22H24N2O4. The number of carbonyl (C=O) groups is 3. The molecule has 2 aromatic rings. The van der Waals surface area contributed by atoms with Gasteiger partial charge in [-0.3, -0.25) is 9.59 Å². The van der Waals surface area contributed by atoms with Crippen LogP contribution < -0.4 is 10.2 Å². The largest absolute Gasteiger partial charge is 0.462 e. The lowest BCUT2D eigenvalue weighted by molar-refractivity contribution is -0.126. The lowest BCUT2D eigenvalue weighted by atomic mass is 10.1. The van der Waals surface area contributed by atoms with Gasteiger partial charge in [0.05, 0.1) is 18.1 Å². The number of rotatable bonds is 6. The quantitative estimate of drug-likeness (QED) is 0.782. The molecule has 1 fully saturated rings. The maximum Gasteiger partial charge on any atom is 0.338 e. The molecule has 1 heterocycles. The molecule has 0 radical (unpaired) electrons. The zero-order valence-electron chi connectivity index (χ0n) is 16.1. The van der Waals surface area contributed by atoms with Crippen molar-refractivity contribution in [3.05, 3.63) is 65.2 Å². The molecule has 2 amide bonds. The van der Waals surface area contributed by atoms with Gasteiger partial charge in [0.25, 0.3) is 0 Å². The molecule has 0 bridgehead atoms. The number of nitrogens with zero attached hydrogens (tertiary/aromatic N) is 1. The number of benzene rings is 2. The van der Waals surface area contributed by atoms with Crippen molar-refractivity contribution in [2.75, 3.05) is 18.1 Å². The van der Waals surface area contributed by atoms with Gasteiger partial charge in [-0.25, -0.2) is 4.79 Å². The van der Waals surface area contributed by atoms with Crippen molar-refractivity contribution in [1.29, 1.82) is 0 Å². The van der Waals surface area contributed by atoms with Crippen LogP contribution in [0.4, 0.5) is 5.69 Å². The molecule has 6 nitrogen and oxygen atoms in total. The van der Waals surface area contributed by atoms with Crippen molar-refractivity contribution < 1.29 is 19.1 Å². The molecule has 1 unspecified atom stereocenters. The highest BCUT2D eigenvalue weighted by Gasteiger charge is 2.35. The lowest BCUT2D eigenvalue weighted by Crippen LogP contribution is -2.32. The number of esters is 1. The molecule has 3 rings (SSSR count). The standard InChI is InChI=1S/C22H24N2O4/c1-3-28-22(27)17-7-9-19(10-8-17)24-14-18(12-20(24)25)21(26)23-13-16-6-4-5-15(2)11-16/h4-11,18H,3,12-14H2,1-2H3,(H,23,26). The van der Waals surface area contributed by atoms with Gasteiger partial charge >= 0.3 is 5.97 Å². The minimum absolute atomic E-state index is 0.0976. The number of amides is 2. The van der Waals surface area contributed by atoms with E-state index in [1.807, 2.05) is 31.2 Å². The minimum atomic E-state index is -0.393. The van der Waals surface area contributed by atoms with Crippen LogP contribution in [0.15, 0.2) is 48.5 Å². The second-order valence-corrected chi connectivity index (χ2v) is 6.88. The SMILES string of the molecule is CCOC(=O)c1ccc(N2CC(C(=O)NCc3cccc(C)c3)CC2=O)cc1. The van der Waals surface area contributed by atoms with Gasteiger partial charge in [0, 0.05) is 25.2 Å². The summed E-state index contributed by atoms with van der Waals surface area (Å²) in [5.41, 5.74) is 3.28. The van der Waals surface area contributed by atoms with Crippen molar-refractivity contribution in [2.24, 2.45) is 5.92 Å². The molecule has 0 saturated carbocycles. The van der Waals surface area contributed by atoms with Crippen LogP contribution in [0.2, 0.25) is 0 Å². The third-order valence-electron chi connectivity index (χ3n) is 4.74. The average Bonchev–Trinajstić information content (AvgIpc) is 3.08. The molecule has 1 saturated heterocycles. The molecule has 146 valence electrons. The molecule has 28 heavy (non-hydrogen) atoms. The van der Waals surface area contributed by atoms with Crippen molar-refractivity contribution >= 4 is 23.5 Å². The van der Waals surface area contributed by atoms with Gasteiger partial charge in [0.2, 0.25) is 11.8 Å². The van der Waals surface area contributed by atoms with Gasteiger partial charge in [-0.05, 0) is 43.7 Å². The van der Waals surface area contributed by atoms with E-state index in [4.69, 9.17) is 4.74 Å². The van der Waals surface area contributed by atoms with Crippen LogP contribution in [0, 0.1) is 12.8 Å². The lowest BCUT2D eigenvalue weighted by Gasteiger charge is -2.17. The number of hydrogen-bond acceptors (Lipinski definition) is 4. The topological polar surface area (TPSA) is 75.7 Å². The summed E-state index contributed by atoms with van der Waals surface area (Å²) in [7, 11) is 0. The third kappa shape index (κ3) is 4.57. The van der Waals surface area contributed by atoms with E-state index in [1.54, 1.807) is 36.1 Å². The van der Waals surface area contributed by atoms with Gasteiger partial charge < -0.3 is 15.0 Å². The summed E-state index contributed by atoms with van der Waals surface area (Å²) in [4.78, 5) is 38.2. The van der Waals surface area contributed by atoms with Gasteiger partial charge in [0.1, 0.15) is 0 Å². The predicted molar refractivity (Wildman–Crippen MR) is 106 cm³/mol. The van der Waals surface area contributed by atoms with Crippen LogP contribution in [0.3, 0.4) is 0 Å². The maximum absolute atomic E-state index is 12.5. The Balaban J connectivity index is 1.59. The first kappa shape index (κ1) is 19.6. The molecule has 0 aliphatic carbocycles. The molecule has 1 atom stereocenters. The zero-order chi connectivity index (χ0) is 20.1. The Hall–Kier alpha value is -3.15. The van der Waals surface area contributed by atoms with E-state index in [-0.39, 0.29) is 24.2 Å². The Bertz CT molecular complexity index is 876. The van der Waals surface area contributed by atoms with Crippen molar-refractivity contribution in [2.45, 2.75) is 26.8 Å². The Morgan fingerprint density at radius 3 is 2.61 bits per heavy atom. The zero-order valence-corrected chi connectivity index (χ0v) is 16.1. The van der Waals surface area contributed by atoms with Crippen LogP contribution in [-0.4, -0.2) is 30.9 Å². The number of ether oxygens (including phenoxy) is 1. The summed E-state index contributed by atoms with van der Waals surface area (Å²) in [6.45, 7) is 4.84. The fraction of sp³-hybridized carbons (Fsp3) is 0.318. The van der Waals surface area contributed by atoms with Crippen molar-refractivity contribution in [1.82, 2.24) is 5.32 Å². The number of carbonyl (C=O) groups excluding carboxylic acids is 3. The van der Waals surface area contributed by atoms with Gasteiger partial charge in [-0.2, -0.15) is 0 Å². The fourth-order valence-corrected chi connectivity index (χ4v) is 3.28. The maximum atomic E-state index is 12.5. The molecule has 1 N–H and O–H groups in total. The fourth-order valence-electron chi connectivity index (χ4n) is 3.28. The second kappa shape index (κ2) is 8.69. The smallest absolute Gasteiger partial charge is 0.338 e. The summed E-state index contributed by atoms with van der Waals surface area (Å²) < 4.78 is 4.96. The van der Waals surface area contributed by atoms with Crippen LogP contribution in [0.25, 0.3) is 0 Å². The normalized spacial score (nSPS) is 16.1. The Morgan fingerprint density at radius 2 is 1.93 bits per heavy atom.